The highest BCUT2D eigenvalue weighted by molar-refractivity contribution is 5.99. The Balaban J connectivity index is 2.03. The maximum Gasteiger partial charge on any atom is 0.418 e. The first-order valence-electron chi connectivity index (χ1n) is 6.55. The van der Waals surface area contributed by atoms with Gasteiger partial charge in [-0.05, 0) is 12.1 Å². The summed E-state index contributed by atoms with van der Waals surface area (Å²) in [5.41, 5.74) is -1.28. The Morgan fingerprint density at radius 3 is 2.70 bits per heavy atom. The Kier molecular flexibility index (Phi) is 4.85. The van der Waals surface area contributed by atoms with E-state index in [-0.39, 0.29) is 17.9 Å². The number of alkyl halides is 3. The van der Waals surface area contributed by atoms with Gasteiger partial charge >= 0.3 is 12.2 Å². The number of halogens is 3. The van der Waals surface area contributed by atoms with Gasteiger partial charge in [0.05, 0.1) is 30.3 Å². The second kappa shape index (κ2) is 6.83. The van der Waals surface area contributed by atoms with E-state index in [4.69, 9.17) is 5.26 Å². The molecule has 2 rings (SSSR count). The zero-order chi connectivity index (χ0) is 16.9. The monoisotopic (exact) mass is 323 g/mol. The molecule has 6 nitrogen and oxygen atoms in total. The zero-order valence-corrected chi connectivity index (χ0v) is 11.8. The van der Waals surface area contributed by atoms with Gasteiger partial charge in [0.1, 0.15) is 0 Å². The number of rotatable bonds is 4. The van der Waals surface area contributed by atoms with Crippen LogP contribution in [0, 0.1) is 11.3 Å². The van der Waals surface area contributed by atoms with Crippen molar-refractivity contribution in [2.45, 2.75) is 19.1 Å². The number of benzene rings is 1. The van der Waals surface area contributed by atoms with Crippen molar-refractivity contribution in [3.05, 3.63) is 42.1 Å². The quantitative estimate of drug-likeness (QED) is 0.904. The molecule has 0 aliphatic heterocycles. The van der Waals surface area contributed by atoms with Crippen LogP contribution in [0.3, 0.4) is 0 Å². The van der Waals surface area contributed by atoms with Crippen LogP contribution >= 0.6 is 0 Å². The number of nitriles is 1. The van der Waals surface area contributed by atoms with Gasteiger partial charge in [-0.15, -0.1) is 0 Å². The van der Waals surface area contributed by atoms with Gasteiger partial charge in [0.25, 0.3) is 0 Å². The van der Waals surface area contributed by atoms with Gasteiger partial charge < -0.3 is 5.32 Å². The first-order valence-corrected chi connectivity index (χ1v) is 6.55. The average Bonchev–Trinajstić information content (AvgIpc) is 2.91. The minimum Gasteiger partial charge on any atom is -0.307 e. The maximum atomic E-state index is 12.8. The number of carbonyl (C=O) groups is 1. The molecule has 2 amide bonds. The summed E-state index contributed by atoms with van der Waals surface area (Å²) in [5.74, 6) is 0.171. The first-order chi connectivity index (χ1) is 10.9. The predicted octanol–water partition coefficient (Wildman–Crippen LogP) is 3.46. The molecule has 9 heteroatoms. The van der Waals surface area contributed by atoms with E-state index in [0.29, 0.717) is 6.54 Å². The molecule has 0 spiro atoms. The van der Waals surface area contributed by atoms with Gasteiger partial charge in [0, 0.05) is 12.3 Å². The molecule has 120 valence electrons. The number of hydrogen-bond acceptors (Lipinski definition) is 3. The Bertz CT molecular complexity index is 732. The fourth-order valence-electron chi connectivity index (χ4n) is 1.83. The Labute approximate surface area is 129 Å². The molecule has 0 radical (unpaired) electrons. The smallest absolute Gasteiger partial charge is 0.307 e. The van der Waals surface area contributed by atoms with Crippen molar-refractivity contribution in [3.63, 3.8) is 0 Å². The predicted molar refractivity (Wildman–Crippen MR) is 76.5 cm³/mol. The third-order valence-electron chi connectivity index (χ3n) is 2.82. The Morgan fingerprint density at radius 1 is 1.26 bits per heavy atom. The molecule has 1 aromatic heterocycles. The van der Waals surface area contributed by atoms with Gasteiger partial charge in [-0.25, -0.2) is 4.79 Å². The summed E-state index contributed by atoms with van der Waals surface area (Å²) in [6.45, 7) is 0.358. The van der Waals surface area contributed by atoms with Crippen molar-refractivity contribution >= 4 is 17.5 Å². The molecule has 2 N–H and O–H groups in total. The summed E-state index contributed by atoms with van der Waals surface area (Å²) in [6.07, 6.45) is -2.76. The molecule has 0 bridgehead atoms. The summed E-state index contributed by atoms with van der Waals surface area (Å²) < 4.78 is 39.9. The van der Waals surface area contributed by atoms with E-state index in [1.807, 2.05) is 6.07 Å². The van der Waals surface area contributed by atoms with Crippen molar-refractivity contribution < 1.29 is 18.0 Å². The molecule has 0 saturated carbocycles. The molecule has 2 aromatic rings. The molecular formula is C14H12F3N5O. The summed E-state index contributed by atoms with van der Waals surface area (Å²) in [6, 6.07) is 7.26. The van der Waals surface area contributed by atoms with Crippen molar-refractivity contribution in [2.24, 2.45) is 0 Å². The lowest BCUT2D eigenvalue weighted by atomic mass is 10.1. The minimum atomic E-state index is -4.57. The highest BCUT2D eigenvalue weighted by atomic mass is 19.4. The summed E-state index contributed by atoms with van der Waals surface area (Å²) in [7, 11) is 0. The van der Waals surface area contributed by atoms with Gasteiger partial charge in [-0.2, -0.15) is 23.5 Å². The third-order valence-corrected chi connectivity index (χ3v) is 2.82. The fourth-order valence-corrected chi connectivity index (χ4v) is 1.83. The van der Waals surface area contributed by atoms with E-state index >= 15 is 0 Å². The van der Waals surface area contributed by atoms with Crippen LogP contribution in [0.5, 0.6) is 0 Å². The minimum absolute atomic E-state index is 0.171. The van der Waals surface area contributed by atoms with Crippen molar-refractivity contribution in [1.29, 1.82) is 5.26 Å². The molecule has 1 heterocycles. The number of urea groups is 1. The Morgan fingerprint density at radius 2 is 2.00 bits per heavy atom. The number of carbonyl (C=O) groups excluding carboxylic acids is 1. The summed E-state index contributed by atoms with van der Waals surface area (Å²) in [5, 5.41) is 16.9. The summed E-state index contributed by atoms with van der Waals surface area (Å²) in [4.78, 5) is 11.8. The van der Waals surface area contributed by atoms with E-state index in [1.165, 1.54) is 22.9 Å². The number of para-hydroxylation sites is 1. The van der Waals surface area contributed by atoms with Crippen LogP contribution in [0.15, 0.2) is 36.5 Å². The number of amides is 2. The maximum absolute atomic E-state index is 12.8. The van der Waals surface area contributed by atoms with Crippen molar-refractivity contribution in [2.75, 3.05) is 10.6 Å². The van der Waals surface area contributed by atoms with Gasteiger partial charge in [-0.3, -0.25) is 10.00 Å². The van der Waals surface area contributed by atoms with Crippen LogP contribution in [-0.2, 0) is 12.7 Å². The topological polar surface area (TPSA) is 82.7 Å². The van der Waals surface area contributed by atoms with Crippen molar-refractivity contribution in [3.8, 4) is 6.07 Å². The normalized spacial score (nSPS) is 10.9. The number of anilines is 2. The summed E-state index contributed by atoms with van der Waals surface area (Å²) >= 11 is 0. The van der Waals surface area contributed by atoms with E-state index < -0.39 is 17.8 Å². The van der Waals surface area contributed by atoms with Crippen LogP contribution < -0.4 is 10.6 Å². The molecule has 0 fully saturated rings. The number of aryl methyl sites for hydroxylation is 1. The lowest BCUT2D eigenvalue weighted by Gasteiger charge is -2.13. The third kappa shape index (κ3) is 4.47. The van der Waals surface area contributed by atoms with Crippen molar-refractivity contribution in [1.82, 2.24) is 9.78 Å². The van der Waals surface area contributed by atoms with Crippen LogP contribution in [0.25, 0.3) is 0 Å². The molecule has 0 aliphatic carbocycles. The molecule has 0 aliphatic rings. The molecule has 1 aromatic carbocycles. The number of nitrogens with one attached hydrogen (secondary N) is 2. The van der Waals surface area contributed by atoms with E-state index in [0.717, 1.165) is 12.1 Å². The van der Waals surface area contributed by atoms with Gasteiger partial charge in [-0.1, -0.05) is 12.1 Å². The number of aromatic nitrogens is 2. The Hall–Kier alpha value is -3.02. The second-order valence-electron chi connectivity index (χ2n) is 4.49. The van der Waals surface area contributed by atoms with Gasteiger partial charge in [0.2, 0.25) is 0 Å². The first kappa shape index (κ1) is 16.4. The molecule has 23 heavy (non-hydrogen) atoms. The van der Waals surface area contributed by atoms with E-state index in [9.17, 15) is 18.0 Å². The number of nitrogens with zero attached hydrogens (tertiary/aromatic N) is 3. The highest BCUT2D eigenvalue weighted by Gasteiger charge is 2.33. The average molecular weight is 323 g/mol. The van der Waals surface area contributed by atoms with Crippen LogP contribution in [0.1, 0.15) is 12.0 Å². The molecule has 0 unspecified atom stereocenters. The molecular weight excluding hydrogens is 311 g/mol. The van der Waals surface area contributed by atoms with Crippen LogP contribution in [0.2, 0.25) is 0 Å². The van der Waals surface area contributed by atoms with E-state index in [2.05, 4.69) is 15.7 Å². The van der Waals surface area contributed by atoms with Crippen LogP contribution in [0.4, 0.5) is 29.5 Å². The second-order valence-corrected chi connectivity index (χ2v) is 4.49. The lowest BCUT2D eigenvalue weighted by Crippen LogP contribution is -2.22. The lowest BCUT2D eigenvalue weighted by molar-refractivity contribution is -0.136. The highest BCUT2D eigenvalue weighted by Crippen LogP contribution is 2.34. The standard InChI is InChI=1S/C14H12F3N5O/c15-14(16,17)10-4-1-2-5-11(10)19-13(23)20-12-6-9-22(21-12)8-3-7-18/h1-2,4-6,9H,3,8H2,(H2,19,20,21,23). The SMILES string of the molecule is N#CCCn1ccc(NC(=O)Nc2ccccc2C(F)(F)F)n1. The number of hydrogen-bond donors (Lipinski definition) is 2. The zero-order valence-electron chi connectivity index (χ0n) is 11.8. The fraction of sp³-hybridized carbons (Fsp3) is 0.214. The molecule has 0 saturated heterocycles. The van der Waals surface area contributed by atoms with Crippen LogP contribution in [-0.4, -0.2) is 15.8 Å². The van der Waals surface area contributed by atoms with E-state index in [1.54, 1.807) is 6.20 Å². The van der Waals surface area contributed by atoms with Gasteiger partial charge in [0.15, 0.2) is 5.82 Å². The largest absolute Gasteiger partial charge is 0.418 e. The molecule has 0 atom stereocenters.